The van der Waals surface area contributed by atoms with Crippen LogP contribution in [0.25, 0.3) is 11.0 Å². The minimum absolute atomic E-state index is 0.473. The van der Waals surface area contributed by atoms with Crippen molar-refractivity contribution < 1.29 is 9.15 Å². The lowest BCUT2D eigenvalue weighted by atomic mass is 10.1. The van der Waals surface area contributed by atoms with E-state index >= 15 is 0 Å². The number of methoxy groups -OCH3 is 1. The third-order valence-electron chi connectivity index (χ3n) is 2.26. The maximum Gasteiger partial charge on any atom is 0.135 e. The highest BCUT2D eigenvalue weighted by atomic mass is 16.5. The summed E-state index contributed by atoms with van der Waals surface area (Å²) in [6.07, 6.45) is 0. The highest BCUT2D eigenvalue weighted by molar-refractivity contribution is 5.82. The molecule has 2 rings (SSSR count). The van der Waals surface area contributed by atoms with Crippen molar-refractivity contribution in [2.75, 3.05) is 7.11 Å². The van der Waals surface area contributed by atoms with Crippen molar-refractivity contribution in [2.45, 2.75) is 13.2 Å². The maximum atomic E-state index is 5.68. The van der Waals surface area contributed by atoms with Gasteiger partial charge in [-0.3, -0.25) is 0 Å². The number of fused-ring (bicyclic) bond motifs is 1. The first-order valence-electron chi connectivity index (χ1n) is 4.55. The highest BCUT2D eigenvalue weighted by Crippen LogP contribution is 2.25. The summed E-state index contributed by atoms with van der Waals surface area (Å²) >= 11 is 0. The average Bonchev–Trinajstić information content (AvgIpc) is 2.55. The molecule has 0 bridgehead atoms. The first-order valence-corrected chi connectivity index (χ1v) is 4.55. The van der Waals surface area contributed by atoms with Gasteiger partial charge in [0.15, 0.2) is 0 Å². The summed E-state index contributed by atoms with van der Waals surface area (Å²) < 4.78 is 10.7. The summed E-state index contributed by atoms with van der Waals surface area (Å²) in [7, 11) is 1.65. The highest BCUT2D eigenvalue weighted by Gasteiger charge is 2.11. The van der Waals surface area contributed by atoms with Crippen LogP contribution in [0.2, 0.25) is 0 Å². The number of hydrogen-bond acceptors (Lipinski definition) is 3. The molecular formula is C11H13NO2. The smallest absolute Gasteiger partial charge is 0.135 e. The molecule has 3 heteroatoms. The average molecular weight is 191 g/mol. The Kier molecular flexibility index (Phi) is 2.52. The molecule has 0 aliphatic rings. The van der Waals surface area contributed by atoms with Crippen molar-refractivity contribution in [2.24, 2.45) is 5.73 Å². The van der Waals surface area contributed by atoms with Crippen molar-refractivity contribution in [3.05, 3.63) is 35.6 Å². The molecule has 0 spiro atoms. The first-order chi connectivity index (χ1) is 6.86. The standard InChI is InChI=1S/C11H13NO2/c1-13-7-11-9(6-12)8-4-2-3-5-10(8)14-11/h2-5H,6-7,12H2,1H3. The van der Waals surface area contributed by atoms with E-state index in [9.17, 15) is 0 Å². The van der Waals surface area contributed by atoms with Crippen molar-refractivity contribution in [3.63, 3.8) is 0 Å². The van der Waals surface area contributed by atoms with Crippen LogP contribution in [0.3, 0.4) is 0 Å². The minimum atomic E-state index is 0.473. The number of hydrogen-bond donors (Lipinski definition) is 1. The van der Waals surface area contributed by atoms with E-state index in [2.05, 4.69) is 0 Å². The zero-order valence-corrected chi connectivity index (χ0v) is 8.12. The molecule has 0 aliphatic carbocycles. The van der Waals surface area contributed by atoms with Crippen LogP contribution < -0.4 is 5.73 Å². The predicted molar refractivity (Wildman–Crippen MR) is 54.8 cm³/mol. The fraction of sp³-hybridized carbons (Fsp3) is 0.273. The van der Waals surface area contributed by atoms with Crippen LogP contribution in [0.4, 0.5) is 0 Å². The molecule has 0 fully saturated rings. The SMILES string of the molecule is COCc1oc2ccccc2c1CN. The van der Waals surface area contributed by atoms with E-state index in [1.807, 2.05) is 24.3 Å². The van der Waals surface area contributed by atoms with E-state index in [0.717, 1.165) is 22.3 Å². The van der Waals surface area contributed by atoms with Gasteiger partial charge in [-0.15, -0.1) is 0 Å². The van der Waals surface area contributed by atoms with E-state index in [1.165, 1.54) is 0 Å². The Labute approximate surface area is 82.5 Å². The quantitative estimate of drug-likeness (QED) is 0.807. The van der Waals surface area contributed by atoms with Crippen LogP contribution in [0.5, 0.6) is 0 Å². The molecule has 74 valence electrons. The Morgan fingerprint density at radius 2 is 2.14 bits per heavy atom. The minimum Gasteiger partial charge on any atom is -0.458 e. The fourth-order valence-electron chi connectivity index (χ4n) is 1.62. The summed E-state index contributed by atoms with van der Waals surface area (Å²) in [5.41, 5.74) is 7.59. The van der Waals surface area contributed by atoms with Crippen molar-refractivity contribution in [1.82, 2.24) is 0 Å². The summed E-state index contributed by atoms with van der Waals surface area (Å²) in [5, 5.41) is 1.09. The van der Waals surface area contributed by atoms with Crippen LogP contribution in [0.15, 0.2) is 28.7 Å². The zero-order chi connectivity index (χ0) is 9.97. The largest absolute Gasteiger partial charge is 0.458 e. The summed E-state index contributed by atoms with van der Waals surface area (Å²) in [5.74, 6) is 0.830. The number of furan rings is 1. The van der Waals surface area contributed by atoms with E-state index in [1.54, 1.807) is 7.11 Å². The van der Waals surface area contributed by atoms with Gasteiger partial charge in [0.25, 0.3) is 0 Å². The van der Waals surface area contributed by atoms with E-state index in [4.69, 9.17) is 14.9 Å². The number of rotatable bonds is 3. The molecule has 0 saturated carbocycles. The third-order valence-corrected chi connectivity index (χ3v) is 2.26. The molecule has 0 radical (unpaired) electrons. The summed E-state index contributed by atoms with van der Waals surface area (Å²) in [4.78, 5) is 0. The number of benzene rings is 1. The van der Waals surface area contributed by atoms with Gasteiger partial charge in [0.05, 0.1) is 0 Å². The Morgan fingerprint density at radius 3 is 2.86 bits per heavy atom. The lowest BCUT2D eigenvalue weighted by Gasteiger charge is -1.97. The van der Waals surface area contributed by atoms with E-state index < -0.39 is 0 Å². The molecule has 0 saturated heterocycles. The topological polar surface area (TPSA) is 48.4 Å². The zero-order valence-electron chi connectivity index (χ0n) is 8.12. The number of nitrogens with two attached hydrogens (primary N) is 1. The first kappa shape index (κ1) is 9.24. The van der Waals surface area contributed by atoms with Gasteiger partial charge in [-0.25, -0.2) is 0 Å². The lowest BCUT2D eigenvalue weighted by molar-refractivity contribution is 0.165. The molecule has 2 N–H and O–H groups in total. The Bertz CT molecular complexity index is 434. The van der Waals surface area contributed by atoms with Crippen LogP contribution >= 0.6 is 0 Å². The molecule has 0 amide bonds. The second-order valence-electron chi connectivity index (χ2n) is 3.14. The number of ether oxygens (including phenoxy) is 1. The molecule has 1 aromatic heterocycles. The van der Waals surface area contributed by atoms with Gasteiger partial charge >= 0.3 is 0 Å². The van der Waals surface area contributed by atoms with E-state index in [-0.39, 0.29) is 0 Å². The number of para-hydroxylation sites is 1. The fourth-order valence-corrected chi connectivity index (χ4v) is 1.62. The van der Waals surface area contributed by atoms with Gasteiger partial charge < -0.3 is 14.9 Å². The third kappa shape index (κ3) is 1.41. The van der Waals surface area contributed by atoms with Crippen molar-refractivity contribution in [3.8, 4) is 0 Å². The van der Waals surface area contributed by atoms with E-state index in [0.29, 0.717) is 13.2 Å². The lowest BCUT2D eigenvalue weighted by Crippen LogP contribution is -1.99. The molecule has 14 heavy (non-hydrogen) atoms. The van der Waals surface area contributed by atoms with Gasteiger partial charge in [0, 0.05) is 24.6 Å². The van der Waals surface area contributed by atoms with Gasteiger partial charge in [-0.1, -0.05) is 18.2 Å². The summed E-state index contributed by atoms with van der Waals surface area (Å²) in [6, 6.07) is 7.88. The second kappa shape index (κ2) is 3.82. The Hall–Kier alpha value is -1.32. The van der Waals surface area contributed by atoms with Crippen molar-refractivity contribution >= 4 is 11.0 Å². The Morgan fingerprint density at radius 1 is 1.36 bits per heavy atom. The second-order valence-corrected chi connectivity index (χ2v) is 3.14. The van der Waals surface area contributed by atoms with Crippen LogP contribution in [0.1, 0.15) is 11.3 Å². The molecule has 3 nitrogen and oxygen atoms in total. The normalized spacial score (nSPS) is 11.0. The molecule has 1 aromatic carbocycles. The maximum absolute atomic E-state index is 5.68. The van der Waals surface area contributed by atoms with Gasteiger partial charge in [-0.05, 0) is 6.07 Å². The molecule has 0 aliphatic heterocycles. The monoisotopic (exact) mass is 191 g/mol. The summed E-state index contributed by atoms with van der Waals surface area (Å²) in [6.45, 7) is 0.955. The molecule has 0 atom stereocenters. The van der Waals surface area contributed by atoms with Crippen LogP contribution in [0, 0.1) is 0 Å². The molecule has 2 aromatic rings. The predicted octanol–water partition coefficient (Wildman–Crippen LogP) is 2.04. The van der Waals surface area contributed by atoms with Crippen LogP contribution in [-0.2, 0) is 17.9 Å². The Balaban J connectivity index is 2.60. The van der Waals surface area contributed by atoms with Crippen LogP contribution in [-0.4, -0.2) is 7.11 Å². The molecule has 0 unspecified atom stereocenters. The van der Waals surface area contributed by atoms with Gasteiger partial charge in [-0.2, -0.15) is 0 Å². The van der Waals surface area contributed by atoms with Crippen molar-refractivity contribution in [1.29, 1.82) is 0 Å². The van der Waals surface area contributed by atoms with Gasteiger partial charge in [0.1, 0.15) is 18.0 Å². The molecular weight excluding hydrogens is 178 g/mol. The molecule has 1 heterocycles. The van der Waals surface area contributed by atoms with Gasteiger partial charge in [0.2, 0.25) is 0 Å².